The molecule has 0 saturated heterocycles. The van der Waals surface area contributed by atoms with E-state index in [0.29, 0.717) is 43.2 Å². The fourth-order valence-corrected chi connectivity index (χ4v) is 2.79. The van der Waals surface area contributed by atoms with Gasteiger partial charge in [0, 0.05) is 46.7 Å². The van der Waals surface area contributed by atoms with Gasteiger partial charge in [-0.25, -0.2) is 9.97 Å². The molecule has 0 aromatic carbocycles. The van der Waals surface area contributed by atoms with Crippen LogP contribution in [0.1, 0.15) is 15.9 Å². The molecule has 0 amide bonds. The highest BCUT2D eigenvalue weighted by Crippen LogP contribution is 2.26. The van der Waals surface area contributed by atoms with Crippen molar-refractivity contribution in [1.29, 1.82) is 0 Å². The third kappa shape index (κ3) is 1.98. The molecule has 0 spiro atoms. The van der Waals surface area contributed by atoms with Crippen molar-refractivity contribution in [2.75, 3.05) is 0 Å². The molecule has 0 saturated carbocycles. The summed E-state index contributed by atoms with van der Waals surface area (Å²) < 4.78 is 0. The van der Waals surface area contributed by atoms with Crippen molar-refractivity contribution in [1.82, 2.24) is 19.9 Å². The molecule has 4 rings (SSSR count). The fourth-order valence-electron chi connectivity index (χ4n) is 2.48. The maximum absolute atomic E-state index is 12.8. The second-order valence-electron chi connectivity index (χ2n) is 4.83. The molecule has 0 radical (unpaired) electrons. The second-order valence-corrected chi connectivity index (χ2v) is 5.71. The third-order valence-electron chi connectivity index (χ3n) is 3.48. The normalized spacial score (nSPS) is 11.4. The molecule has 4 heterocycles. The van der Waals surface area contributed by atoms with Gasteiger partial charge in [0.2, 0.25) is 0 Å². The molecule has 0 unspecified atom stereocenters. The van der Waals surface area contributed by atoms with Crippen molar-refractivity contribution in [2.45, 2.75) is 0 Å². The Morgan fingerprint density at radius 2 is 1.32 bits per heavy atom. The minimum Gasteiger partial charge on any atom is -0.345 e. The second kappa shape index (κ2) is 4.83. The van der Waals surface area contributed by atoms with Gasteiger partial charge in [-0.05, 0) is 12.1 Å². The summed E-state index contributed by atoms with van der Waals surface area (Å²) >= 11 is 11.9. The average Bonchev–Trinajstić information content (AvgIpc) is 3.09. The van der Waals surface area contributed by atoms with Gasteiger partial charge in [0.05, 0.1) is 10.0 Å². The lowest BCUT2D eigenvalue weighted by Crippen LogP contribution is -1.99. The van der Waals surface area contributed by atoms with Crippen LogP contribution in [0.5, 0.6) is 0 Å². The molecule has 0 bridgehead atoms. The summed E-state index contributed by atoms with van der Waals surface area (Å²) in [5.74, 6) is -0.148. The highest BCUT2D eigenvalue weighted by Gasteiger charge is 2.19. The van der Waals surface area contributed by atoms with Crippen LogP contribution >= 0.6 is 23.2 Å². The number of ketones is 1. The van der Waals surface area contributed by atoms with Crippen LogP contribution in [0.25, 0.3) is 22.1 Å². The molecule has 2 N–H and O–H groups in total. The summed E-state index contributed by atoms with van der Waals surface area (Å²) in [5, 5.41) is 2.32. The number of carbonyl (C=O) groups excluding carboxylic acids is 1. The number of hydrogen-bond donors (Lipinski definition) is 2. The van der Waals surface area contributed by atoms with Crippen LogP contribution in [-0.4, -0.2) is 25.7 Å². The van der Waals surface area contributed by atoms with E-state index in [4.69, 9.17) is 23.2 Å². The number of hydrogen-bond acceptors (Lipinski definition) is 3. The minimum atomic E-state index is -0.148. The predicted octanol–water partition coefficient (Wildman–Crippen LogP) is 3.98. The van der Waals surface area contributed by atoms with E-state index in [2.05, 4.69) is 19.9 Å². The molecule has 0 aliphatic heterocycles. The van der Waals surface area contributed by atoms with Gasteiger partial charge < -0.3 is 9.97 Å². The molecular weight excluding hydrogens is 323 g/mol. The summed E-state index contributed by atoms with van der Waals surface area (Å²) in [6.07, 6.45) is 6.33. The van der Waals surface area contributed by atoms with E-state index in [9.17, 15) is 4.79 Å². The molecule has 4 aromatic rings. The number of rotatable bonds is 2. The van der Waals surface area contributed by atoms with Crippen LogP contribution in [0.15, 0.2) is 36.9 Å². The number of nitrogens with one attached hydrogen (secondary N) is 2. The van der Waals surface area contributed by atoms with Crippen LogP contribution in [0.2, 0.25) is 10.0 Å². The van der Waals surface area contributed by atoms with Crippen molar-refractivity contribution in [2.24, 2.45) is 0 Å². The van der Waals surface area contributed by atoms with E-state index in [1.165, 1.54) is 12.4 Å². The third-order valence-corrected chi connectivity index (χ3v) is 3.90. The topological polar surface area (TPSA) is 74.4 Å². The first kappa shape index (κ1) is 13.3. The molecule has 0 fully saturated rings. The van der Waals surface area contributed by atoms with Gasteiger partial charge in [-0.3, -0.25) is 4.79 Å². The molecule has 108 valence electrons. The average molecular weight is 331 g/mol. The zero-order valence-corrected chi connectivity index (χ0v) is 12.5. The monoisotopic (exact) mass is 330 g/mol. The quantitative estimate of drug-likeness (QED) is 0.546. The Morgan fingerprint density at radius 1 is 0.864 bits per heavy atom. The SMILES string of the molecule is O=C(c1c[nH]c2ncc(Cl)cc12)c1c[nH]c2ncc(Cl)cc12. The summed E-state index contributed by atoms with van der Waals surface area (Å²) in [5.41, 5.74) is 2.24. The Bertz CT molecular complexity index is 953. The van der Waals surface area contributed by atoms with E-state index >= 15 is 0 Å². The minimum absolute atomic E-state index is 0.148. The van der Waals surface area contributed by atoms with Crippen molar-refractivity contribution >= 4 is 51.1 Å². The van der Waals surface area contributed by atoms with E-state index in [1.807, 2.05) is 0 Å². The lowest BCUT2D eigenvalue weighted by Gasteiger charge is -1.99. The van der Waals surface area contributed by atoms with E-state index in [1.54, 1.807) is 24.5 Å². The first-order valence-electron chi connectivity index (χ1n) is 6.43. The summed E-state index contributed by atoms with van der Waals surface area (Å²) in [6.45, 7) is 0. The van der Waals surface area contributed by atoms with E-state index < -0.39 is 0 Å². The van der Waals surface area contributed by atoms with Crippen molar-refractivity contribution in [3.63, 3.8) is 0 Å². The van der Waals surface area contributed by atoms with Gasteiger partial charge in [-0.15, -0.1) is 0 Å². The number of aromatic amines is 2. The summed E-state index contributed by atoms with van der Waals surface area (Å²) in [4.78, 5) is 27.1. The number of halogens is 2. The van der Waals surface area contributed by atoms with Gasteiger partial charge in [-0.1, -0.05) is 23.2 Å². The maximum Gasteiger partial charge on any atom is 0.197 e. The summed E-state index contributed by atoms with van der Waals surface area (Å²) in [6, 6.07) is 3.43. The molecule has 5 nitrogen and oxygen atoms in total. The van der Waals surface area contributed by atoms with Gasteiger partial charge in [0.25, 0.3) is 0 Å². The molecule has 0 atom stereocenters. The van der Waals surface area contributed by atoms with Crippen LogP contribution in [0.3, 0.4) is 0 Å². The van der Waals surface area contributed by atoms with Crippen LogP contribution < -0.4 is 0 Å². The number of H-pyrrole nitrogens is 2. The molecule has 0 aliphatic carbocycles. The Kier molecular flexibility index (Phi) is 2.92. The van der Waals surface area contributed by atoms with Gasteiger partial charge in [0.15, 0.2) is 5.78 Å². The molecule has 0 aliphatic rings. The number of pyridine rings is 2. The van der Waals surface area contributed by atoms with Gasteiger partial charge in [-0.2, -0.15) is 0 Å². The molecule has 4 aromatic heterocycles. The molecule has 22 heavy (non-hydrogen) atoms. The van der Waals surface area contributed by atoms with E-state index in [-0.39, 0.29) is 5.78 Å². The van der Waals surface area contributed by atoms with Crippen LogP contribution in [-0.2, 0) is 0 Å². The highest BCUT2D eigenvalue weighted by atomic mass is 35.5. The van der Waals surface area contributed by atoms with Crippen molar-refractivity contribution in [3.8, 4) is 0 Å². The van der Waals surface area contributed by atoms with Gasteiger partial charge in [0.1, 0.15) is 11.3 Å². The van der Waals surface area contributed by atoms with E-state index in [0.717, 1.165) is 0 Å². The number of fused-ring (bicyclic) bond motifs is 2. The number of carbonyl (C=O) groups is 1. The first-order valence-corrected chi connectivity index (χ1v) is 7.19. The number of aromatic nitrogens is 4. The lowest BCUT2D eigenvalue weighted by molar-refractivity contribution is 0.104. The van der Waals surface area contributed by atoms with Crippen molar-refractivity contribution < 1.29 is 4.79 Å². The Morgan fingerprint density at radius 3 is 1.77 bits per heavy atom. The predicted molar refractivity (Wildman–Crippen MR) is 85.6 cm³/mol. The summed E-state index contributed by atoms with van der Waals surface area (Å²) in [7, 11) is 0. The maximum atomic E-state index is 12.8. The van der Waals surface area contributed by atoms with Crippen LogP contribution in [0.4, 0.5) is 0 Å². The Hall–Kier alpha value is -2.37. The lowest BCUT2D eigenvalue weighted by atomic mass is 10.0. The highest BCUT2D eigenvalue weighted by molar-refractivity contribution is 6.32. The van der Waals surface area contributed by atoms with Crippen molar-refractivity contribution in [3.05, 3.63) is 58.1 Å². The first-order chi connectivity index (χ1) is 10.6. The molecule has 7 heteroatoms. The fraction of sp³-hybridized carbons (Fsp3) is 0. The Balaban J connectivity index is 1.92. The largest absolute Gasteiger partial charge is 0.345 e. The zero-order chi connectivity index (χ0) is 15.3. The number of nitrogens with zero attached hydrogens (tertiary/aromatic N) is 2. The van der Waals surface area contributed by atoms with Crippen LogP contribution in [0, 0.1) is 0 Å². The standard InChI is InChI=1S/C15H8Cl2N4O/c16-7-1-9-11(5-20-14(9)18-3-7)13(22)12-6-21-15-10(12)2-8(17)4-19-15/h1-6H,(H,18,20)(H,19,21). The smallest absolute Gasteiger partial charge is 0.197 e. The molecular formula is C15H8Cl2N4O. The van der Waals surface area contributed by atoms with Gasteiger partial charge >= 0.3 is 0 Å². The Labute approximate surface area is 134 Å². The zero-order valence-electron chi connectivity index (χ0n) is 11.0.